The number of allylic oxidation sites excluding steroid dienone is 3. The van der Waals surface area contributed by atoms with Crippen LogP contribution in [0.3, 0.4) is 0 Å². The standard InChI is InChI=1S/C33H63NO3/c1-3-5-7-9-11-13-15-16-17-18-19-20-22-24-26-28-32(36)31(30-35)34-33(37)29-27-25-23-21-14-12-10-8-6-4-2/h19-20,26,28,31-32,35-36H,3-18,21-25,27,29-30H2,1-2H3,(H,34,37)/b20-19+,28-26+. The number of carbonyl (C=O) groups is 1. The van der Waals surface area contributed by atoms with Crippen molar-refractivity contribution in [1.82, 2.24) is 5.32 Å². The van der Waals surface area contributed by atoms with Crippen molar-refractivity contribution in [2.24, 2.45) is 0 Å². The quantitative estimate of drug-likeness (QED) is 0.0711. The summed E-state index contributed by atoms with van der Waals surface area (Å²) in [6.07, 6.45) is 35.4. The number of aliphatic hydroxyl groups is 2. The third kappa shape index (κ3) is 26.3. The maximum absolute atomic E-state index is 12.2. The normalized spacial score (nSPS) is 13.5. The monoisotopic (exact) mass is 521 g/mol. The minimum absolute atomic E-state index is 0.0782. The van der Waals surface area contributed by atoms with Crippen molar-refractivity contribution in [3.63, 3.8) is 0 Å². The number of unbranched alkanes of at least 4 members (excludes halogenated alkanes) is 19. The summed E-state index contributed by atoms with van der Waals surface area (Å²) in [5, 5.41) is 22.7. The zero-order valence-corrected chi connectivity index (χ0v) is 24.7. The van der Waals surface area contributed by atoms with Gasteiger partial charge in [0, 0.05) is 6.42 Å². The second kappa shape index (κ2) is 29.4. The molecule has 0 heterocycles. The van der Waals surface area contributed by atoms with Gasteiger partial charge in [0.1, 0.15) is 0 Å². The molecule has 37 heavy (non-hydrogen) atoms. The van der Waals surface area contributed by atoms with Gasteiger partial charge in [-0.3, -0.25) is 4.79 Å². The van der Waals surface area contributed by atoms with Crippen LogP contribution in [0.15, 0.2) is 24.3 Å². The molecule has 2 atom stereocenters. The third-order valence-corrected chi connectivity index (χ3v) is 7.19. The molecule has 0 rings (SSSR count). The topological polar surface area (TPSA) is 69.6 Å². The Morgan fingerprint density at radius 1 is 0.622 bits per heavy atom. The third-order valence-electron chi connectivity index (χ3n) is 7.19. The molecular weight excluding hydrogens is 458 g/mol. The summed E-state index contributed by atoms with van der Waals surface area (Å²) in [5.41, 5.74) is 0. The molecule has 0 aliphatic rings. The Morgan fingerprint density at radius 2 is 1.05 bits per heavy atom. The van der Waals surface area contributed by atoms with Crippen LogP contribution in [-0.4, -0.2) is 34.9 Å². The van der Waals surface area contributed by atoms with Gasteiger partial charge >= 0.3 is 0 Å². The molecule has 0 aliphatic carbocycles. The molecule has 0 saturated carbocycles. The summed E-state index contributed by atoms with van der Waals surface area (Å²) >= 11 is 0. The van der Waals surface area contributed by atoms with E-state index in [0.717, 1.165) is 32.1 Å². The summed E-state index contributed by atoms with van der Waals surface area (Å²) in [5.74, 6) is -0.0782. The molecule has 0 aromatic heterocycles. The van der Waals surface area contributed by atoms with Gasteiger partial charge in [-0.2, -0.15) is 0 Å². The number of carbonyl (C=O) groups excluding carboxylic acids is 1. The van der Waals surface area contributed by atoms with Gasteiger partial charge in [0.05, 0.1) is 18.8 Å². The fourth-order valence-electron chi connectivity index (χ4n) is 4.66. The lowest BCUT2D eigenvalue weighted by Crippen LogP contribution is -2.45. The highest BCUT2D eigenvalue weighted by Gasteiger charge is 2.17. The number of rotatable bonds is 28. The molecule has 0 fully saturated rings. The Labute approximate surface area is 230 Å². The highest BCUT2D eigenvalue weighted by molar-refractivity contribution is 5.76. The molecule has 0 spiro atoms. The highest BCUT2D eigenvalue weighted by atomic mass is 16.3. The molecule has 0 saturated heterocycles. The first-order valence-corrected chi connectivity index (χ1v) is 16.1. The van der Waals surface area contributed by atoms with Crippen LogP contribution in [0.2, 0.25) is 0 Å². The minimum Gasteiger partial charge on any atom is -0.394 e. The summed E-state index contributed by atoms with van der Waals surface area (Å²) in [4.78, 5) is 12.2. The molecule has 0 bridgehead atoms. The second-order valence-electron chi connectivity index (χ2n) is 10.9. The SMILES string of the molecule is CCCCCCCCCCC/C=C/CC/C=C/C(O)C(CO)NC(=O)CCCCCCCCCCCC. The van der Waals surface area contributed by atoms with Crippen LogP contribution in [0, 0.1) is 0 Å². The summed E-state index contributed by atoms with van der Waals surface area (Å²) in [6.45, 7) is 4.26. The second-order valence-corrected chi connectivity index (χ2v) is 10.9. The van der Waals surface area contributed by atoms with Crippen LogP contribution >= 0.6 is 0 Å². The van der Waals surface area contributed by atoms with E-state index in [4.69, 9.17) is 0 Å². The Kier molecular flexibility index (Phi) is 28.5. The first kappa shape index (κ1) is 35.9. The van der Waals surface area contributed by atoms with E-state index in [1.807, 2.05) is 6.08 Å². The Hall–Kier alpha value is -1.13. The van der Waals surface area contributed by atoms with E-state index >= 15 is 0 Å². The van der Waals surface area contributed by atoms with Gasteiger partial charge in [-0.25, -0.2) is 0 Å². The number of amides is 1. The summed E-state index contributed by atoms with van der Waals surface area (Å²) in [6, 6.07) is -0.631. The molecule has 3 N–H and O–H groups in total. The zero-order valence-electron chi connectivity index (χ0n) is 24.7. The fraction of sp³-hybridized carbons (Fsp3) is 0.848. The van der Waals surface area contributed by atoms with E-state index in [1.54, 1.807) is 6.08 Å². The van der Waals surface area contributed by atoms with Crippen LogP contribution in [0.25, 0.3) is 0 Å². The van der Waals surface area contributed by atoms with Crippen molar-refractivity contribution in [3.8, 4) is 0 Å². The average molecular weight is 522 g/mol. The molecule has 2 unspecified atom stereocenters. The molecule has 0 aliphatic heterocycles. The Bertz CT molecular complexity index is 532. The van der Waals surface area contributed by atoms with Crippen molar-refractivity contribution < 1.29 is 15.0 Å². The molecular formula is C33H63NO3. The molecule has 4 nitrogen and oxygen atoms in total. The summed E-state index contributed by atoms with van der Waals surface area (Å²) in [7, 11) is 0. The van der Waals surface area contributed by atoms with Crippen LogP contribution < -0.4 is 5.32 Å². The zero-order chi connectivity index (χ0) is 27.2. The fourth-order valence-corrected chi connectivity index (χ4v) is 4.66. The van der Waals surface area contributed by atoms with Gasteiger partial charge in [0.15, 0.2) is 0 Å². The van der Waals surface area contributed by atoms with E-state index in [2.05, 4.69) is 31.3 Å². The number of hydrogen-bond acceptors (Lipinski definition) is 3. The first-order valence-electron chi connectivity index (χ1n) is 16.1. The number of nitrogens with one attached hydrogen (secondary N) is 1. The largest absolute Gasteiger partial charge is 0.394 e. The molecule has 4 heteroatoms. The number of hydrogen-bond donors (Lipinski definition) is 3. The predicted octanol–water partition coefficient (Wildman–Crippen LogP) is 8.95. The van der Waals surface area contributed by atoms with Crippen LogP contribution in [0.4, 0.5) is 0 Å². The predicted molar refractivity (Wildman–Crippen MR) is 161 cm³/mol. The molecule has 0 radical (unpaired) electrons. The van der Waals surface area contributed by atoms with Crippen LogP contribution in [-0.2, 0) is 4.79 Å². The van der Waals surface area contributed by atoms with Crippen molar-refractivity contribution in [2.45, 2.75) is 174 Å². The van der Waals surface area contributed by atoms with Crippen molar-refractivity contribution >= 4 is 5.91 Å². The van der Waals surface area contributed by atoms with Gasteiger partial charge in [-0.1, -0.05) is 147 Å². The Morgan fingerprint density at radius 3 is 1.57 bits per heavy atom. The summed E-state index contributed by atoms with van der Waals surface area (Å²) < 4.78 is 0. The van der Waals surface area contributed by atoms with Gasteiger partial charge in [-0.15, -0.1) is 0 Å². The van der Waals surface area contributed by atoms with Gasteiger partial charge < -0.3 is 15.5 Å². The first-order chi connectivity index (χ1) is 18.2. The van der Waals surface area contributed by atoms with E-state index in [0.29, 0.717) is 6.42 Å². The van der Waals surface area contributed by atoms with E-state index in [-0.39, 0.29) is 12.5 Å². The van der Waals surface area contributed by atoms with Crippen molar-refractivity contribution in [3.05, 3.63) is 24.3 Å². The highest BCUT2D eigenvalue weighted by Crippen LogP contribution is 2.12. The molecule has 1 amide bonds. The van der Waals surface area contributed by atoms with Gasteiger partial charge in [0.25, 0.3) is 0 Å². The van der Waals surface area contributed by atoms with E-state index < -0.39 is 12.1 Å². The van der Waals surface area contributed by atoms with E-state index in [1.165, 1.54) is 109 Å². The van der Waals surface area contributed by atoms with Gasteiger partial charge in [0.2, 0.25) is 5.91 Å². The van der Waals surface area contributed by atoms with Crippen molar-refractivity contribution in [2.75, 3.05) is 6.61 Å². The maximum Gasteiger partial charge on any atom is 0.220 e. The maximum atomic E-state index is 12.2. The average Bonchev–Trinajstić information content (AvgIpc) is 2.90. The lowest BCUT2D eigenvalue weighted by Gasteiger charge is -2.19. The van der Waals surface area contributed by atoms with Crippen LogP contribution in [0.1, 0.15) is 162 Å². The van der Waals surface area contributed by atoms with Crippen molar-refractivity contribution in [1.29, 1.82) is 0 Å². The van der Waals surface area contributed by atoms with Crippen LogP contribution in [0.5, 0.6) is 0 Å². The minimum atomic E-state index is -0.854. The van der Waals surface area contributed by atoms with Gasteiger partial charge in [-0.05, 0) is 32.1 Å². The molecule has 218 valence electrons. The smallest absolute Gasteiger partial charge is 0.220 e. The molecule has 0 aromatic carbocycles. The number of aliphatic hydroxyl groups excluding tert-OH is 2. The molecule has 0 aromatic rings. The lowest BCUT2D eigenvalue weighted by molar-refractivity contribution is -0.123. The van der Waals surface area contributed by atoms with E-state index in [9.17, 15) is 15.0 Å². The lowest BCUT2D eigenvalue weighted by atomic mass is 10.1. The Balaban J connectivity index is 3.72.